The van der Waals surface area contributed by atoms with Crippen molar-refractivity contribution in [2.45, 2.75) is 45.0 Å². The van der Waals surface area contributed by atoms with Gasteiger partial charge in [0.1, 0.15) is 18.4 Å². The molecule has 1 unspecified atom stereocenters. The third kappa shape index (κ3) is 6.01. The SMILES string of the molecule is Cc1cc(C)c(C(O)N2CCN(c3ccccc3C#N)[C@@H](CO)C2)cc1NC1CCN(c2ccccc2C#N)CC1. The number of aryl methyl sites for hydroxylation is 2. The largest absolute Gasteiger partial charge is 0.394 e. The Bertz CT molecular complexity index is 1450. The van der Waals surface area contributed by atoms with Crippen molar-refractivity contribution in [3.8, 4) is 12.1 Å². The Morgan fingerprint density at radius 1 is 0.878 bits per heavy atom. The number of rotatable bonds is 7. The van der Waals surface area contributed by atoms with E-state index in [0.717, 1.165) is 59.7 Å². The molecule has 2 fully saturated rings. The monoisotopic (exact) mass is 550 g/mol. The van der Waals surface area contributed by atoms with Gasteiger partial charge < -0.3 is 25.3 Å². The van der Waals surface area contributed by atoms with Crippen molar-refractivity contribution in [2.75, 3.05) is 54.4 Å². The van der Waals surface area contributed by atoms with E-state index >= 15 is 0 Å². The number of benzene rings is 3. The van der Waals surface area contributed by atoms with Gasteiger partial charge in [0.25, 0.3) is 0 Å². The average Bonchev–Trinajstić information content (AvgIpc) is 3.02. The quantitative estimate of drug-likeness (QED) is 0.400. The van der Waals surface area contributed by atoms with Crippen LogP contribution < -0.4 is 15.1 Å². The fourth-order valence-electron chi connectivity index (χ4n) is 6.22. The molecule has 0 spiro atoms. The van der Waals surface area contributed by atoms with Crippen molar-refractivity contribution >= 4 is 17.1 Å². The fourth-order valence-corrected chi connectivity index (χ4v) is 6.22. The van der Waals surface area contributed by atoms with Crippen molar-refractivity contribution < 1.29 is 10.2 Å². The predicted octanol–water partition coefficient (Wildman–Crippen LogP) is 4.30. The molecular weight excluding hydrogens is 512 g/mol. The average molecular weight is 551 g/mol. The number of nitrogens with zero attached hydrogens (tertiary/aromatic N) is 5. The molecule has 0 bridgehead atoms. The molecule has 0 aromatic heterocycles. The maximum absolute atomic E-state index is 11.5. The summed E-state index contributed by atoms with van der Waals surface area (Å²) in [6.45, 7) is 7.49. The lowest BCUT2D eigenvalue weighted by molar-refractivity contribution is -0.0148. The van der Waals surface area contributed by atoms with Crippen LogP contribution in [0.5, 0.6) is 0 Å². The maximum atomic E-state index is 11.5. The highest BCUT2D eigenvalue weighted by Crippen LogP contribution is 2.32. The van der Waals surface area contributed by atoms with Crippen LogP contribution >= 0.6 is 0 Å². The minimum absolute atomic E-state index is 0.0692. The Hall–Kier alpha value is -4.08. The molecule has 0 amide bonds. The topological polar surface area (TPSA) is 110 Å². The van der Waals surface area contributed by atoms with E-state index in [-0.39, 0.29) is 12.6 Å². The summed E-state index contributed by atoms with van der Waals surface area (Å²) >= 11 is 0. The van der Waals surface area contributed by atoms with E-state index in [4.69, 9.17) is 0 Å². The van der Waals surface area contributed by atoms with Gasteiger partial charge >= 0.3 is 0 Å². The summed E-state index contributed by atoms with van der Waals surface area (Å²) in [5.41, 5.74) is 7.19. The molecule has 212 valence electrons. The first kappa shape index (κ1) is 28.4. The summed E-state index contributed by atoms with van der Waals surface area (Å²) in [6, 6.07) is 24.1. The third-order valence-corrected chi connectivity index (χ3v) is 8.52. The molecule has 2 aliphatic rings. The molecule has 3 aromatic carbocycles. The number of nitrogens with one attached hydrogen (secondary N) is 1. The zero-order valence-corrected chi connectivity index (χ0v) is 23.8. The molecular formula is C33H38N6O2. The van der Waals surface area contributed by atoms with E-state index < -0.39 is 6.23 Å². The van der Waals surface area contributed by atoms with Gasteiger partial charge in [-0.05, 0) is 68.1 Å². The van der Waals surface area contributed by atoms with Crippen LogP contribution in [0.1, 0.15) is 46.9 Å². The molecule has 3 aromatic rings. The Morgan fingerprint density at radius 2 is 1.51 bits per heavy atom. The number of anilines is 3. The number of hydrogen-bond donors (Lipinski definition) is 3. The maximum Gasteiger partial charge on any atom is 0.134 e. The van der Waals surface area contributed by atoms with E-state index in [0.29, 0.717) is 36.8 Å². The highest BCUT2D eigenvalue weighted by atomic mass is 16.3. The molecule has 0 aliphatic carbocycles. The number of aliphatic hydroxyl groups excluding tert-OH is 2. The zero-order chi connectivity index (χ0) is 28.9. The first-order valence-electron chi connectivity index (χ1n) is 14.3. The molecule has 2 saturated heterocycles. The first-order chi connectivity index (χ1) is 19.9. The number of aliphatic hydroxyl groups is 2. The van der Waals surface area contributed by atoms with Crippen molar-refractivity contribution in [1.82, 2.24) is 4.90 Å². The van der Waals surface area contributed by atoms with Gasteiger partial charge in [0, 0.05) is 50.0 Å². The smallest absolute Gasteiger partial charge is 0.134 e. The molecule has 2 atom stereocenters. The molecule has 2 heterocycles. The Balaban J connectivity index is 1.27. The summed E-state index contributed by atoms with van der Waals surface area (Å²) in [5, 5.41) is 44.6. The summed E-state index contributed by atoms with van der Waals surface area (Å²) in [4.78, 5) is 6.39. The molecule has 8 nitrogen and oxygen atoms in total. The van der Waals surface area contributed by atoms with Gasteiger partial charge in [0.15, 0.2) is 0 Å². The molecule has 0 radical (unpaired) electrons. The van der Waals surface area contributed by atoms with E-state index in [2.05, 4.69) is 46.3 Å². The van der Waals surface area contributed by atoms with Crippen LogP contribution in [0.15, 0.2) is 60.7 Å². The van der Waals surface area contributed by atoms with Gasteiger partial charge in [-0.3, -0.25) is 4.90 Å². The number of hydrogen-bond acceptors (Lipinski definition) is 8. The van der Waals surface area contributed by atoms with Crippen LogP contribution in [0.25, 0.3) is 0 Å². The molecule has 2 aliphatic heterocycles. The highest BCUT2D eigenvalue weighted by molar-refractivity contribution is 5.61. The molecule has 8 heteroatoms. The number of piperazine rings is 1. The van der Waals surface area contributed by atoms with Gasteiger partial charge in [-0.2, -0.15) is 10.5 Å². The fraction of sp³-hybridized carbons (Fsp3) is 0.394. The predicted molar refractivity (Wildman–Crippen MR) is 162 cm³/mol. The van der Waals surface area contributed by atoms with E-state index in [9.17, 15) is 20.7 Å². The van der Waals surface area contributed by atoms with E-state index in [1.165, 1.54) is 0 Å². The van der Waals surface area contributed by atoms with Crippen molar-refractivity contribution in [2.24, 2.45) is 0 Å². The van der Waals surface area contributed by atoms with Crippen molar-refractivity contribution in [1.29, 1.82) is 10.5 Å². The normalized spacial score (nSPS) is 18.9. The molecule has 0 saturated carbocycles. The third-order valence-electron chi connectivity index (χ3n) is 8.52. The summed E-state index contributed by atoms with van der Waals surface area (Å²) in [6.07, 6.45) is 1.10. The number of piperidine rings is 1. The lowest BCUT2D eigenvalue weighted by atomic mass is 9.98. The summed E-state index contributed by atoms with van der Waals surface area (Å²) in [7, 11) is 0. The van der Waals surface area contributed by atoms with Crippen molar-refractivity contribution in [3.63, 3.8) is 0 Å². The second-order valence-corrected chi connectivity index (χ2v) is 11.1. The standard InChI is InChI=1S/C33H38N6O2/c1-23-17-24(2)30(36-27-11-13-37(14-12-27)31-9-5-3-7-25(31)19-34)18-29(23)33(41)38-15-16-39(28(21-38)22-40)32-10-6-4-8-26(32)20-35/h3-10,17-18,27-28,33,36,40-41H,11-16,21-22H2,1-2H3/t28-,33?/m1/s1. The van der Waals surface area contributed by atoms with Gasteiger partial charge in [-0.1, -0.05) is 30.3 Å². The minimum atomic E-state index is -0.803. The molecule has 3 N–H and O–H groups in total. The highest BCUT2D eigenvalue weighted by Gasteiger charge is 2.32. The molecule has 41 heavy (non-hydrogen) atoms. The van der Waals surface area contributed by atoms with Crippen LogP contribution in [0.3, 0.4) is 0 Å². The molecule has 5 rings (SSSR count). The van der Waals surface area contributed by atoms with Gasteiger partial charge in [-0.25, -0.2) is 0 Å². The second kappa shape index (κ2) is 12.6. The Kier molecular flexibility index (Phi) is 8.75. The van der Waals surface area contributed by atoms with E-state index in [1.54, 1.807) is 6.07 Å². The minimum Gasteiger partial charge on any atom is -0.394 e. The van der Waals surface area contributed by atoms with Crippen LogP contribution in [0.2, 0.25) is 0 Å². The Morgan fingerprint density at radius 3 is 2.17 bits per heavy atom. The van der Waals surface area contributed by atoms with Gasteiger partial charge in [0.05, 0.1) is 35.2 Å². The lowest BCUT2D eigenvalue weighted by Crippen LogP contribution is -2.55. The first-order valence-corrected chi connectivity index (χ1v) is 14.3. The van der Waals surface area contributed by atoms with Crippen LogP contribution in [-0.2, 0) is 0 Å². The lowest BCUT2D eigenvalue weighted by Gasteiger charge is -2.44. The van der Waals surface area contributed by atoms with Crippen molar-refractivity contribution in [3.05, 3.63) is 88.5 Å². The van der Waals surface area contributed by atoms with E-state index in [1.807, 2.05) is 54.3 Å². The van der Waals surface area contributed by atoms with Gasteiger partial charge in [0.2, 0.25) is 0 Å². The Labute approximate surface area is 242 Å². The van der Waals surface area contributed by atoms with Crippen LogP contribution in [0, 0.1) is 36.5 Å². The van der Waals surface area contributed by atoms with Gasteiger partial charge in [-0.15, -0.1) is 0 Å². The second-order valence-electron chi connectivity index (χ2n) is 11.1. The summed E-state index contributed by atoms with van der Waals surface area (Å²) < 4.78 is 0. The zero-order valence-electron chi connectivity index (χ0n) is 23.8. The van der Waals surface area contributed by atoms with Crippen LogP contribution in [0.4, 0.5) is 17.1 Å². The number of para-hydroxylation sites is 2. The summed E-state index contributed by atoms with van der Waals surface area (Å²) in [5.74, 6) is 0. The van der Waals surface area contributed by atoms with Crippen LogP contribution in [-0.4, -0.2) is 66.5 Å². The number of nitriles is 2.